The summed E-state index contributed by atoms with van der Waals surface area (Å²) >= 11 is 0. The molecular weight excluding hydrogens is 289 g/mol. The van der Waals surface area contributed by atoms with Crippen molar-refractivity contribution in [1.29, 1.82) is 0 Å². The average molecular weight is 305 g/mol. The molecule has 2 aromatic rings. The highest BCUT2D eigenvalue weighted by atomic mass is 19.1. The number of benzene rings is 1. The highest BCUT2D eigenvalue weighted by Gasteiger charge is 2.19. The molecule has 7 heteroatoms. The van der Waals surface area contributed by atoms with E-state index in [4.69, 9.17) is 4.52 Å². The van der Waals surface area contributed by atoms with Crippen molar-refractivity contribution in [3.63, 3.8) is 0 Å². The minimum absolute atomic E-state index is 0.00389. The van der Waals surface area contributed by atoms with E-state index in [9.17, 15) is 14.3 Å². The molecule has 0 saturated heterocycles. The molecule has 1 aromatic carbocycles. The van der Waals surface area contributed by atoms with Gasteiger partial charge in [-0.15, -0.1) is 0 Å². The molecule has 22 heavy (non-hydrogen) atoms. The number of hydrogen-bond donors (Lipinski definition) is 2. The lowest BCUT2D eigenvalue weighted by molar-refractivity contribution is -0.121. The van der Waals surface area contributed by atoms with Crippen LogP contribution in [0.5, 0.6) is 5.75 Å². The van der Waals surface area contributed by atoms with Gasteiger partial charge in [-0.3, -0.25) is 4.79 Å². The maximum absolute atomic E-state index is 13.2. The molecule has 0 atom stereocenters. The number of aromatic hydroxyl groups is 1. The number of nitrogens with zero attached hydrogens (tertiary/aromatic N) is 2. The molecule has 1 aromatic heterocycles. The van der Waals surface area contributed by atoms with E-state index in [1.165, 1.54) is 6.07 Å². The fourth-order valence-electron chi connectivity index (χ4n) is 2.61. The van der Waals surface area contributed by atoms with Crippen LogP contribution < -0.4 is 5.32 Å². The van der Waals surface area contributed by atoms with Gasteiger partial charge in [-0.1, -0.05) is 18.0 Å². The number of rotatable bonds is 4. The van der Waals surface area contributed by atoms with Crippen LogP contribution in [0.3, 0.4) is 0 Å². The molecule has 1 heterocycles. The third-order valence-electron chi connectivity index (χ3n) is 3.70. The number of amides is 1. The van der Waals surface area contributed by atoms with E-state index < -0.39 is 5.82 Å². The number of carbonyl (C=O) groups is 1. The molecule has 1 amide bonds. The molecule has 116 valence electrons. The summed E-state index contributed by atoms with van der Waals surface area (Å²) in [6.45, 7) is 0. The third kappa shape index (κ3) is 3.24. The Kier molecular flexibility index (Phi) is 4.04. The van der Waals surface area contributed by atoms with E-state index in [2.05, 4.69) is 15.5 Å². The summed E-state index contributed by atoms with van der Waals surface area (Å²) in [6, 6.07) is 3.67. The second kappa shape index (κ2) is 6.13. The average Bonchev–Trinajstić information content (AvgIpc) is 3.13. The Morgan fingerprint density at radius 1 is 1.41 bits per heavy atom. The van der Waals surface area contributed by atoms with Gasteiger partial charge in [0.05, 0.1) is 12.0 Å². The number of aromatic nitrogens is 2. The van der Waals surface area contributed by atoms with Crippen LogP contribution in [0.25, 0.3) is 11.5 Å². The number of phenols is 1. The molecule has 0 radical (unpaired) electrons. The Morgan fingerprint density at radius 2 is 2.18 bits per heavy atom. The number of phenolic OH excluding ortho intramolecular Hbond substituents is 1. The molecular formula is C15H16FN3O3. The molecule has 2 N–H and O–H groups in total. The molecule has 3 rings (SSSR count). The van der Waals surface area contributed by atoms with Crippen LogP contribution in [0.1, 0.15) is 31.5 Å². The number of halogens is 1. The molecule has 0 bridgehead atoms. The lowest BCUT2D eigenvalue weighted by Gasteiger charge is -2.10. The topological polar surface area (TPSA) is 88.2 Å². The number of carbonyl (C=O) groups excluding carboxylic acids is 1. The first-order valence-electron chi connectivity index (χ1n) is 7.22. The first-order chi connectivity index (χ1) is 10.6. The van der Waals surface area contributed by atoms with Crippen molar-refractivity contribution in [3.05, 3.63) is 29.8 Å². The molecule has 1 fully saturated rings. The van der Waals surface area contributed by atoms with E-state index in [1.807, 2.05) is 0 Å². The summed E-state index contributed by atoms with van der Waals surface area (Å²) < 4.78 is 18.2. The Balaban J connectivity index is 1.68. The first kappa shape index (κ1) is 14.5. The van der Waals surface area contributed by atoms with E-state index in [1.54, 1.807) is 0 Å². The van der Waals surface area contributed by atoms with Crippen LogP contribution in [0.15, 0.2) is 22.7 Å². The number of nitrogens with one attached hydrogen (secondary N) is 1. The Hall–Kier alpha value is -2.44. The maximum Gasteiger partial charge on any atom is 0.261 e. The van der Waals surface area contributed by atoms with E-state index in [0.29, 0.717) is 0 Å². The minimum Gasteiger partial charge on any atom is -0.507 e. The molecule has 1 aliphatic rings. The van der Waals surface area contributed by atoms with Gasteiger partial charge in [0, 0.05) is 6.04 Å². The minimum atomic E-state index is -0.522. The Morgan fingerprint density at radius 3 is 2.95 bits per heavy atom. The van der Waals surface area contributed by atoms with Crippen molar-refractivity contribution in [2.24, 2.45) is 0 Å². The predicted molar refractivity (Wildman–Crippen MR) is 75.5 cm³/mol. The van der Waals surface area contributed by atoms with E-state index in [0.717, 1.165) is 37.8 Å². The van der Waals surface area contributed by atoms with Crippen LogP contribution in [-0.2, 0) is 11.2 Å². The van der Waals surface area contributed by atoms with Crippen LogP contribution in [0.4, 0.5) is 4.39 Å². The lowest BCUT2D eigenvalue weighted by Crippen LogP contribution is -2.33. The summed E-state index contributed by atoms with van der Waals surface area (Å²) in [5, 5.41) is 16.3. The molecule has 0 aliphatic heterocycles. The van der Waals surface area contributed by atoms with Gasteiger partial charge in [0.25, 0.3) is 5.89 Å². The van der Waals surface area contributed by atoms with Crippen LogP contribution in [0.2, 0.25) is 0 Å². The standard InChI is InChI=1S/C15H16FN3O3/c16-9-5-6-12(20)11(7-9)15-18-13(19-22-15)8-14(21)17-10-3-1-2-4-10/h5-7,10,20H,1-4,8H2,(H,17,21). The SMILES string of the molecule is O=C(Cc1noc(-c2cc(F)ccc2O)n1)NC1CCCC1. The molecule has 6 nitrogen and oxygen atoms in total. The van der Waals surface area contributed by atoms with Crippen LogP contribution >= 0.6 is 0 Å². The van der Waals surface area contributed by atoms with E-state index in [-0.39, 0.29) is 41.4 Å². The Labute approximate surface area is 126 Å². The normalized spacial score (nSPS) is 15.1. The van der Waals surface area contributed by atoms with Gasteiger partial charge >= 0.3 is 0 Å². The maximum atomic E-state index is 13.2. The lowest BCUT2D eigenvalue weighted by atomic mass is 10.2. The molecule has 0 unspecified atom stereocenters. The first-order valence-corrected chi connectivity index (χ1v) is 7.22. The second-order valence-electron chi connectivity index (χ2n) is 5.40. The Bertz CT molecular complexity index is 680. The van der Waals surface area contributed by atoms with Gasteiger partial charge < -0.3 is 14.9 Å². The van der Waals surface area contributed by atoms with Gasteiger partial charge in [-0.25, -0.2) is 4.39 Å². The summed E-state index contributed by atoms with van der Waals surface area (Å²) in [7, 11) is 0. The van der Waals surface area contributed by atoms with Crippen molar-refractivity contribution >= 4 is 5.91 Å². The van der Waals surface area contributed by atoms with Gasteiger partial charge in [0.1, 0.15) is 11.6 Å². The highest BCUT2D eigenvalue weighted by molar-refractivity contribution is 5.78. The van der Waals surface area contributed by atoms with Gasteiger partial charge in [-0.05, 0) is 31.0 Å². The van der Waals surface area contributed by atoms with Gasteiger partial charge in [0.15, 0.2) is 5.82 Å². The molecule has 0 spiro atoms. The fraction of sp³-hybridized carbons (Fsp3) is 0.400. The summed E-state index contributed by atoms with van der Waals surface area (Å²) in [4.78, 5) is 15.9. The summed E-state index contributed by atoms with van der Waals surface area (Å²) in [6.07, 6.45) is 4.27. The van der Waals surface area contributed by atoms with Crippen molar-refractivity contribution in [1.82, 2.24) is 15.5 Å². The molecule has 1 saturated carbocycles. The van der Waals surface area contributed by atoms with Crippen LogP contribution in [0, 0.1) is 5.82 Å². The second-order valence-corrected chi connectivity index (χ2v) is 5.40. The fourth-order valence-corrected chi connectivity index (χ4v) is 2.61. The van der Waals surface area contributed by atoms with Crippen molar-refractivity contribution in [2.75, 3.05) is 0 Å². The molecule has 1 aliphatic carbocycles. The van der Waals surface area contributed by atoms with Crippen molar-refractivity contribution in [3.8, 4) is 17.2 Å². The smallest absolute Gasteiger partial charge is 0.261 e. The van der Waals surface area contributed by atoms with Gasteiger partial charge in [-0.2, -0.15) is 4.98 Å². The van der Waals surface area contributed by atoms with Crippen molar-refractivity contribution < 1.29 is 18.8 Å². The predicted octanol–water partition coefficient (Wildman–Crippen LogP) is 2.18. The zero-order valence-corrected chi connectivity index (χ0v) is 11.9. The van der Waals surface area contributed by atoms with Crippen LogP contribution in [-0.4, -0.2) is 27.2 Å². The quantitative estimate of drug-likeness (QED) is 0.904. The highest BCUT2D eigenvalue weighted by Crippen LogP contribution is 2.28. The zero-order chi connectivity index (χ0) is 15.5. The monoisotopic (exact) mass is 305 g/mol. The summed E-state index contributed by atoms with van der Waals surface area (Å²) in [5.41, 5.74) is 0.106. The van der Waals surface area contributed by atoms with Crippen molar-refractivity contribution in [2.45, 2.75) is 38.1 Å². The van der Waals surface area contributed by atoms with Gasteiger partial charge in [0.2, 0.25) is 5.91 Å². The summed E-state index contributed by atoms with van der Waals surface area (Å²) in [5.74, 6) is -0.656. The zero-order valence-electron chi connectivity index (χ0n) is 11.9. The van der Waals surface area contributed by atoms with E-state index >= 15 is 0 Å². The third-order valence-corrected chi connectivity index (χ3v) is 3.70. The number of hydrogen-bond acceptors (Lipinski definition) is 5. The largest absolute Gasteiger partial charge is 0.507 e.